The minimum absolute atomic E-state index is 0.0934. The molecule has 134 valence electrons. The van der Waals surface area contributed by atoms with Gasteiger partial charge in [-0.3, -0.25) is 4.99 Å². The second-order valence-corrected chi connectivity index (χ2v) is 7.36. The Labute approximate surface area is 169 Å². The van der Waals surface area contributed by atoms with Gasteiger partial charge in [-0.25, -0.2) is 4.98 Å². The molecule has 0 fully saturated rings. The van der Waals surface area contributed by atoms with E-state index in [0.717, 1.165) is 27.9 Å². The van der Waals surface area contributed by atoms with Crippen LogP contribution in [0.1, 0.15) is 11.1 Å². The summed E-state index contributed by atoms with van der Waals surface area (Å²) < 4.78 is 6.36. The summed E-state index contributed by atoms with van der Waals surface area (Å²) in [5.41, 5.74) is 4.66. The van der Waals surface area contributed by atoms with Gasteiger partial charge in [0.15, 0.2) is 5.58 Å². The Bertz CT molecular complexity index is 1150. The standard InChI is InChI=1S/C21H14BrClN2O2/c1-12-6-7-13(21-25-17-4-2-3-5-19(17)27-21)9-18(12)24-11-14-8-15(23)10-16(22)20(14)26/h2-11,26H,1H3. The fourth-order valence-electron chi connectivity index (χ4n) is 2.70. The maximum Gasteiger partial charge on any atom is 0.227 e. The van der Waals surface area contributed by atoms with Gasteiger partial charge in [0.05, 0.1) is 10.2 Å². The van der Waals surface area contributed by atoms with Crippen LogP contribution in [0.2, 0.25) is 5.02 Å². The van der Waals surface area contributed by atoms with Crippen LogP contribution in [0.3, 0.4) is 0 Å². The molecule has 0 spiro atoms. The van der Waals surface area contributed by atoms with Crippen LogP contribution < -0.4 is 0 Å². The van der Waals surface area contributed by atoms with E-state index < -0.39 is 0 Å². The topological polar surface area (TPSA) is 58.6 Å². The van der Waals surface area contributed by atoms with Gasteiger partial charge >= 0.3 is 0 Å². The number of halogens is 2. The van der Waals surface area contributed by atoms with E-state index in [0.29, 0.717) is 20.9 Å². The third-order valence-electron chi connectivity index (χ3n) is 4.15. The fraction of sp³-hybridized carbons (Fsp3) is 0.0476. The summed E-state index contributed by atoms with van der Waals surface area (Å²) in [5, 5.41) is 10.7. The molecule has 0 saturated heterocycles. The van der Waals surface area contributed by atoms with E-state index in [1.165, 1.54) is 0 Å². The van der Waals surface area contributed by atoms with Crippen LogP contribution in [0, 0.1) is 6.92 Å². The Morgan fingerprint density at radius 3 is 2.78 bits per heavy atom. The number of aromatic nitrogens is 1. The molecule has 4 nitrogen and oxygen atoms in total. The molecule has 0 radical (unpaired) electrons. The van der Waals surface area contributed by atoms with Crippen molar-refractivity contribution in [3.8, 4) is 17.2 Å². The van der Waals surface area contributed by atoms with E-state index >= 15 is 0 Å². The highest BCUT2D eigenvalue weighted by atomic mass is 79.9. The number of nitrogens with zero attached hydrogens (tertiary/aromatic N) is 2. The van der Waals surface area contributed by atoms with E-state index in [2.05, 4.69) is 25.9 Å². The number of oxazole rings is 1. The molecule has 1 aromatic heterocycles. The average Bonchev–Trinajstić information content (AvgIpc) is 3.08. The highest BCUT2D eigenvalue weighted by Gasteiger charge is 2.10. The maximum atomic E-state index is 10.2. The van der Waals surface area contributed by atoms with E-state index in [-0.39, 0.29) is 5.75 Å². The van der Waals surface area contributed by atoms with Crippen molar-refractivity contribution < 1.29 is 9.52 Å². The lowest BCUT2D eigenvalue weighted by Crippen LogP contribution is -1.86. The fourth-order valence-corrected chi connectivity index (χ4v) is 3.53. The van der Waals surface area contributed by atoms with E-state index in [4.69, 9.17) is 16.0 Å². The smallest absolute Gasteiger partial charge is 0.227 e. The lowest BCUT2D eigenvalue weighted by Gasteiger charge is -2.05. The first-order valence-corrected chi connectivity index (χ1v) is 9.37. The molecule has 0 atom stereocenters. The molecule has 0 saturated carbocycles. The molecule has 3 aromatic carbocycles. The second kappa shape index (κ2) is 7.18. The van der Waals surface area contributed by atoms with E-state index in [9.17, 15) is 5.11 Å². The first-order chi connectivity index (χ1) is 13.0. The van der Waals surface area contributed by atoms with Crippen LogP contribution in [0.5, 0.6) is 5.75 Å². The maximum absolute atomic E-state index is 10.2. The van der Waals surface area contributed by atoms with Gasteiger partial charge in [0.2, 0.25) is 5.89 Å². The highest BCUT2D eigenvalue weighted by Crippen LogP contribution is 2.32. The molecule has 0 aliphatic carbocycles. The highest BCUT2D eigenvalue weighted by molar-refractivity contribution is 9.10. The molecule has 4 aromatic rings. The molecule has 6 heteroatoms. The Hall–Kier alpha value is -2.63. The molecular weight excluding hydrogens is 428 g/mol. The zero-order valence-corrected chi connectivity index (χ0v) is 16.6. The predicted molar refractivity (Wildman–Crippen MR) is 112 cm³/mol. The number of phenols is 1. The summed E-state index contributed by atoms with van der Waals surface area (Å²) in [6, 6.07) is 16.8. The van der Waals surface area contributed by atoms with Crippen molar-refractivity contribution in [1.82, 2.24) is 4.98 Å². The van der Waals surface area contributed by atoms with Crippen LogP contribution in [-0.2, 0) is 0 Å². The van der Waals surface area contributed by atoms with Crippen molar-refractivity contribution in [2.75, 3.05) is 0 Å². The summed E-state index contributed by atoms with van der Waals surface area (Å²) in [6.07, 6.45) is 1.59. The number of rotatable bonds is 3. The average molecular weight is 442 g/mol. The third-order valence-corrected chi connectivity index (χ3v) is 4.97. The molecule has 4 rings (SSSR count). The largest absolute Gasteiger partial charge is 0.506 e. The number of aromatic hydroxyl groups is 1. The van der Waals surface area contributed by atoms with E-state index in [1.54, 1.807) is 18.3 Å². The van der Waals surface area contributed by atoms with Crippen LogP contribution in [0.4, 0.5) is 5.69 Å². The van der Waals surface area contributed by atoms with Gasteiger partial charge in [0, 0.05) is 22.4 Å². The number of fused-ring (bicyclic) bond motifs is 1. The number of para-hydroxylation sites is 2. The number of aryl methyl sites for hydroxylation is 1. The summed E-state index contributed by atoms with van der Waals surface area (Å²) in [6.45, 7) is 1.97. The van der Waals surface area contributed by atoms with Crippen molar-refractivity contribution in [3.05, 3.63) is 75.2 Å². The summed E-state index contributed by atoms with van der Waals surface area (Å²) >= 11 is 9.34. The third kappa shape index (κ3) is 3.61. The zero-order chi connectivity index (χ0) is 19.0. The van der Waals surface area contributed by atoms with Crippen LogP contribution in [0.15, 0.2) is 68.5 Å². The van der Waals surface area contributed by atoms with Gasteiger partial charge < -0.3 is 9.52 Å². The molecule has 1 N–H and O–H groups in total. The van der Waals surface area contributed by atoms with Gasteiger partial charge in [-0.15, -0.1) is 0 Å². The number of hydrogen-bond donors (Lipinski definition) is 1. The van der Waals surface area contributed by atoms with Crippen LogP contribution in [0.25, 0.3) is 22.6 Å². The SMILES string of the molecule is Cc1ccc(-c2nc3ccccc3o2)cc1N=Cc1cc(Cl)cc(Br)c1O. The minimum Gasteiger partial charge on any atom is -0.506 e. The lowest BCUT2D eigenvalue weighted by molar-refractivity contribution is 0.471. The number of benzene rings is 3. The summed E-state index contributed by atoms with van der Waals surface area (Å²) in [7, 11) is 0. The molecule has 27 heavy (non-hydrogen) atoms. The van der Waals surface area contributed by atoms with Gasteiger partial charge in [-0.2, -0.15) is 0 Å². The lowest BCUT2D eigenvalue weighted by atomic mass is 10.1. The molecule has 0 amide bonds. The van der Waals surface area contributed by atoms with Crippen molar-refractivity contribution in [1.29, 1.82) is 0 Å². The van der Waals surface area contributed by atoms with Gasteiger partial charge in [0.1, 0.15) is 11.3 Å². The number of phenolic OH excluding ortho intramolecular Hbond substituents is 1. The summed E-state index contributed by atoms with van der Waals surface area (Å²) in [4.78, 5) is 9.05. The Morgan fingerprint density at radius 2 is 1.96 bits per heavy atom. The normalized spacial score (nSPS) is 11.5. The molecule has 0 unspecified atom stereocenters. The van der Waals surface area contributed by atoms with Crippen molar-refractivity contribution in [2.24, 2.45) is 4.99 Å². The Balaban J connectivity index is 1.73. The van der Waals surface area contributed by atoms with Gasteiger partial charge in [-0.05, 0) is 64.8 Å². The minimum atomic E-state index is 0.0934. The van der Waals surface area contributed by atoms with Crippen LogP contribution >= 0.6 is 27.5 Å². The molecule has 0 aliphatic rings. The Kier molecular flexibility index (Phi) is 4.72. The quantitative estimate of drug-likeness (QED) is 0.361. The van der Waals surface area contributed by atoms with Crippen molar-refractivity contribution in [2.45, 2.75) is 6.92 Å². The van der Waals surface area contributed by atoms with Gasteiger partial charge in [-0.1, -0.05) is 29.8 Å². The first kappa shape index (κ1) is 17.8. The first-order valence-electron chi connectivity index (χ1n) is 8.20. The van der Waals surface area contributed by atoms with E-state index in [1.807, 2.05) is 49.4 Å². The number of aliphatic imine (C=N–C) groups is 1. The zero-order valence-electron chi connectivity index (χ0n) is 14.3. The molecular formula is C21H14BrClN2O2. The molecule has 0 aliphatic heterocycles. The monoisotopic (exact) mass is 440 g/mol. The Morgan fingerprint density at radius 1 is 1.15 bits per heavy atom. The van der Waals surface area contributed by atoms with Crippen molar-refractivity contribution in [3.63, 3.8) is 0 Å². The van der Waals surface area contributed by atoms with Crippen LogP contribution in [-0.4, -0.2) is 16.3 Å². The van der Waals surface area contributed by atoms with Gasteiger partial charge in [0.25, 0.3) is 0 Å². The van der Waals surface area contributed by atoms with Crippen molar-refractivity contribution >= 4 is 50.5 Å². The summed E-state index contributed by atoms with van der Waals surface area (Å²) in [5.74, 6) is 0.636. The number of hydrogen-bond acceptors (Lipinski definition) is 4. The molecule has 0 bridgehead atoms. The second-order valence-electron chi connectivity index (χ2n) is 6.07. The molecule has 1 heterocycles. The predicted octanol–water partition coefficient (Wildman–Crippen LogP) is 6.68.